The van der Waals surface area contributed by atoms with Crippen LogP contribution in [0.25, 0.3) is 0 Å². The molecule has 0 unspecified atom stereocenters. The van der Waals surface area contributed by atoms with Crippen LogP contribution in [0.3, 0.4) is 0 Å². The van der Waals surface area contributed by atoms with Gasteiger partial charge in [-0.3, -0.25) is 4.79 Å². The summed E-state index contributed by atoms with van der Waals surface area (Å²) >= 11 is 12.1. The topological polar surface area (TPSA) is 58.6 Å². The zero-order chi connectivity index (χ0) is 14.6. The Kier molecular flexibility index (Phi) is 5.91. The van der Waals surface area contributed by atoms with E-state index in [2.05, 4.69) is 5.32 Å². The predicted molar refractivity (Wildman–Crippen MR) is 76.1 cm³/mol. The molecule has 0 amide bonds. The number of ether oxygens (including phenoxy) is 1. The molecule has 0 aliphatic rings. The molecule has 0 aliphatic carbocycles. The third-order valence-electron chi connectivity index (χ3n) is 2.77. The van der Waals surface area contributed by atoms with Crippen molar-refractivity contribution in [2.24, 2.45) is 5.92 Å². The molecule has 106 valence electrons. The number of rotatable bonds is 6. The lowest BCUT2D eigenvalue weighted by atomic mass is 10.0. The smallest absolute Gasteiger partial charge is 0.320 e. The highest BCUT2D eigenvalue weighted by molar-refractivity contribution is 6.34. The molecule has 0 spiro atoms. The first-order valence-corrected chi connectivity index (χ1v) is 6.60. The second-order valence-electron chi connectivity index (χ2n) is 4.52. The van der Waals surface area contributed by atoms with Gasteiger partial charge in [-0.2, -0.15) is 0 Å². The Morgan fingerprint density at radius 2 is 2.00 bits per heavy atom. The SMILES string of the molecule is COc1cc(Cl)c(CN[C@@H](C(=O)O)C(C)C)cc1Cl. The first-order valence-electron chi connectivity index (χ1n) is 5.85. The highest BCUT2D eigenvalue weighted by Crippen LogP contribution is 2.30. The van der Waals surface area contributed by atoms with Gasteiger partial charge in [-0.05, 0) is 17.5 Å². The largest absolute Gasteiger partial charge is 0.495 e. The normalized spacial score (nSPS) is 12.5. The summed E-state index contributed by atoms with van der Waals surface area (Å²) in [5, 5.41) is 13.0. The third-order valence-corrected chi connectivity index (χ3v) is 3.41. The van der Waals surface area contributed by atoms with Crippen LogP contribution in [0.1, 0.15) is 19.4 Å². The molecule has 0 saturated carbocycles. The summed E-state index contributed by atoms with van der Waals surface area (Å²) in [4.78, 5) is 11.1. The van der Waals surface area contributed by atoms with Crippen molar-refractivity contribution in [1.82, 2.24) is 5.32 Å². The van der Waals surface area contributed by atoms with Crippen LogP contribution in [-0.4, -0.2) is 24.2 Å². The molecule has 0 saturated heterocycles. The van der Waals surface area contributed by atoms with Crippen molar-refractivity contribution >= 4 is 29.2 Å². The standard InChI is InChI=1S/C13H17Cl2NO3/c1-7(2)12(13(17)18)16-6-8-4-10(15)11(19-3)5-9(8)14/h4-5,7,12,16H,6H2,1-3H3,(H,17,18)/t12-/m1/s1. The molecule has 2 N–H and O–H groups in total. The molecule has 1 aromatic carbocycles. The average molecular weight is 306 g/mol. The van der Waals surface area contributed by atoms with Gasteiger partial charge in [0.05, 0.1) is 12.1 Å². The Morgan fingerprint density at radius 1 is 1.37 bits per heavy atom. The molecule has 1 rings (SSSR count). The Morgan fingerprint density at radius 3 is 2.47 bits per heavy atom. The Hall–Kier alpha value is -0.970. The summed E-state index contributed by atoms with van der Waals surface area (Å²) in [5.74, 6) is -0.412. The highest BCUT2D eigenvalue weighted by Gasteiger charge is 2.21. The van der Waals surface area contributed by atoms with Crippen LogP contribution in [0.4, 0.5) is 0 Å². The first kappa shape index (κ1) is 16.1. The summed E-state index contributed by atoms with van der Waals surface area (Å²) in [6, 6.07) is 2.66. The van der Waals surface area contributed by atoms with E-state index in [1.165, 1.54) is 7.11 Å². The van der Waals surface area contributed by atoms with Crippen LogP contribution in [-0.2, 0) is 11.3 Å². The fourth-order valence-electron chi connectivity index (χ4n) is 1.69. The van der Waals surface area contributed by atoms with Crippen molar-refractivity contribution in [3.63, 3.8) is 0 Å². The van der Waals surface area contributed by atoms with Gasteiger partial charge in [0.25, 0.3) is 0 Å². The van der Waals surface area contributed by atoms with Gasteiger partial charge in [0, 0.05) is 17.6 Å². The van der Waals surface area contributed by atoms with E-state index in [1.807, 2.05) is 13.8 Å². The van der Waals surface area contributed by atoms with Gasteiger partial charge in [-0.15, -0.1) is 0 Å². The first-order chi connectivity index (χ1) is 8.86. The number of benzene rings is 1. The van der Waals surface area contributed by atoms with Crippen LogP contribution in [0, 0.1) is 5.92 Å². The van der Waals surface area contributed by atoms with E-state index >= 15 is 0 Å². The Labute approximate surface area is 122 Å². The molecule has 0 aromatic heterocycles. The highest BCUT2D eigenvalue weighted by atomic mass is 35.5. The Balaban J connectivity index is 2.83. The van der Waals surface area contributed by atoms with Gasteiger partial charge in [0.1, 0.15) is 11.8 Å². The molecule has 1 aromatic rings. The lowest BCUT2D eigenvalue weighted by molar-refractivity contribution is -0.140. The number of carbonyl (C=O) groups is 1. The molecule has 19 heavy (non-hydrogen) atoms. The van der Waals surface area contributed by atoms with Crippen LogP contribution in [0.15, 0.2) is 12.1 Å². The molecule has 0 aliphatic heterocycles. The Bertz CT molecular complexity index is 463. The molecule has 0 bridgehead atoms. The van der Waals surface area contributed by atoms with Crippen molar-refractivity contribution in [1.29, 1.82) is 0 Å². The van der Waals surface area contributed by atoms with Gasteiger partial charge in [-0.25, -0.2) is 0 Å². The number of halogens is 2. The van der Waals surface area contributed by atoms with Crippen LogP contribution in [0.5, 0.6) is 5.75 Å². The van der Waals surface area contributed by atoms with E-state index in [0.717, 1.165) is 5.56 Å². The molecule has 0 heterocycles. The monoisotopic (exact) mass is 305 g/mol. The zero-order valence-corrected chi connectivity index (χ0v) is 12.5. The molecule has 1 atom stereocenters. The minimum absolute atomic E-state index is 0.0232. The number of nitrogens with one attached hydrogen (secondary N) is 1. The quantitative estimate of drug-likeness (QED) is 0.847. The molecule has 4 nitrogen and oxygen atoms in total. The zero-order valence-electron chi connectivity index (χ0n) is 11.0. The van der Waals surface area contributed by atoms with Crippen molar-refractivity contribution in [2.75, 3.05) is 7.11 Å². The molecule has 0 radical (unpaired) electrons. The number of carboxylic acid groups (broad SMARTS) is 1. The second kappa shape index (κ2) is 6.98. The molecule has 0 fully saturated rings. The molecular formula is C13H17Cl2NO3. The maximum Gasteiger partial charge on any atom is 0.320 e. The third kappa shape index (κ3) is 4.27. The van der Waals surface area contributed by atoms with E-state index in [4.69, 9.17) is 33.0 Å². The number of hydrogen-bond acceptors (Lipinski definition) is 3. The van der Waals surface area contributed by atoms with Crippen molar-refractivity contribution < 1.29 is 14.6 Å². The molecular weight excluding hydrogens is 289 g/mol. The summed E-state index contributed by atoms with van der Waals surface area (Å²) in [6.45, 7) is 4.01. The van der Waals surface area contributed by atoms with E-state index in [9.17, 15) is 4.79 Å². The number of methoxy groups -OCH3 is 1. The van der Waals surface area contributed by atoms with Crippen LogP contribution < -0.4 is 10.1 Å². The van der Waals surface area contributed by atoms with Gasteiger partial charge < -0.3 is 15.2 Å². The minimum Gasteiger partial charge on any atom is -0.495 e. The van der Waals surface area contributed by atoms with Crippen molar-refractivity contribution in [3.05, 3.63) is 27.7 Å². The van der Waals surface area contributed by atoms with Gasteiger partial charge in [0.15, 0.2) is 0 Å². The van der Waals surface area contributed by atoms with E-state index in [-0.39, 0.29) is 5.92 Å². The van der Waals surface area contributed by atoms with Crippen LogP contribution in [0.2, 0.25) is 10.0 Å². The lowest BCUT2D eigenvalue weighted by Gasteiger charge is -2.18. The number of aliphatic carboxylic acids is 1. The maximum atomic E-state index is 11.1. The van der Waals surface area contributed by atoms with Crippen LogP contribution >= 0.6 is 23.2 Å². The predicted octanol–water partition coefficient (Wildman–Crippen LogP) is 3.20. The summed E-state index contributed by atoms with van der Waals surface area (Å²) in [5.41, 5.74) is 0.736. The fourth-order valence-corrected chi connectivity index (χ4v) is 2.17. The van der Waals surface area contributed by atoms with Gasteiger partial charge in [-0.1, -0.05) is 37.0 Å². The van der Waals surface area contributed by atoms with Crippen molar-refractivity contribution in [2.45, 2.75) is 26.4 Å². The van der Waals surface area contributed by atoms with Gasteiger partial charge >= 0.3 is 5.97 Å². The number of carboxylic acids is 1. The lowest BCUT2D eigenvalue weighted by Crippen LogP contribution is -2.40. The van der Waals surface area contributed by atoms with E-state index in [0.29, 0.717) is 22.3 Å². The summed E-state index contributed by atoms with van der Waals surface area (Å²) < 4.78 is 5.05. The van der Waals surface area contributed by atoms with Crippen molar-refractivity contribution in [3.8, 4) is 5.75 Å². The van der Waals surface area contributed by atoms with E-state index in [1.54, 1.807) is 12.1 Å². The van der Waals surface area contributed by atoms with Gasteiger partial charge in [0.2, 0.25) is 0 Å². The summed E-state index contributed by atoms with van der Waals surface area (Å²) in [7, 11) is 1.51. The minimum atomic E-state index is -0.884. The summed E-state index contributed by atoms with van der Waals surface area (Å²) in [6.07, 6.45) is 0. The molecule has 6 heteroatoms. The average Bonchev–Trinajstić information content (AvgIpc) is 2.32. The maximum absolute atomic E-state index is 11.1. The number of hydrogen-bond donors (Lipinski definition) is 2. The second-order valence-corrected chi connectivity index (χ2v) is 5.33. The fraction of sp³-hybridized carbons (Fsp3) is 0.462. The van der Waals surface area contributed by atoms with E-state index < -0.39 is 12.0 Å².